The lowest BCUT2D eigenvalue weighted by atomic mass is 10.0. The number of ether oxygens (including phenoxy) is 1. The van der Waals surface area contributed by atoms with E-state index in [9.17, 15) is 5.11 Å². The molecular formula is C14H16N2O2. The fourth-order valence-electron chi connectivity index (χ4n) is 1.76. The van der Waals surface area contributed by atoms with Crippen LogP contribution < -0.4 is 4.74 Å². The van der Waals surface area contributed by atoms with Crippen molar-refractivity contribution < 1.29 is 9.84 Å². The molecule has 0 fully saturated rings. The number of aliphatic hydroxyl groups is 1. The van der Waals surface area contributed by atoms with Crippen LogP contribution in [-0.2, 0) is 0 Å². The monoisotopic (exact) mass is 244 g/mol. The summed E-state index contributed by atoms with van der Waals surface area (Å²) in [5, 5.41) is 10.3. The summed E-state index contributed by atoms with van der Waals surface area (Å²) >= 11 is 0. The second-order valence-electron chi connectivity index (χ2n) is 4.02. The molecule has 1 unspecified atom stereocenters. The Labute approximate surface area is 106 Å². The second-order valence-corrected chi connectivity index (χ2v) is 4.02. The molecular weight excluding hydrogens is 228 g/mol. The molecule has 0 aliphatic heterocycles. The molecule has 18 heavy (non-hydrogen) atoms. The van der Waals surface area contributed by atoms with Crippen molar-refractivity contribution in [2.24, 2.45) is 0 Å². The molecule has 1 atom stereocenters. The summed E-state index contributed by atoms with van der Waals surface area (Å²) in [6, 6.07) is 5.46. The Balaban J connectivity index is 2.27. The van der Waals surface area contributed by atoms with Crippen molar-refractivity contribution in [3.8, 4) is 5.75 Å². The van der Waals surface area contributed by atoms with Crippen LogP contribution in [0, 0.1) is 6.92 Å². The lowest BCUT2D eigenvalue weighted by Gasteiger charge is -2.12. The molecule has 2 aromatic heterocycles. The molecule has 2 rings (SSSR count). The number of aliphatic hydroxyl groups excluding tert-OH is 1. The molecule has 0 aromatic carbocycles. The van der Waals surface area contributed by atoms with Crippen LogP contribution in [0.15, 0.2) is 36.8 Å². The van der Waals surface area contributed by atoms with Gasteiger partial charge in [-0.1, -0.05) is 0 Å². The highest BCUT2D eigenvalue weighted by Crippen LogP contribution is 2.24. The van der Waals surface area contributed by atoms with Gasteiger partial charge in [-0.3, -0.25) is 9.97 Å². The van der Waals surface area contributed by atoms with E-state index in [1.807, 2.05) is 19.9 Å². The Kier molecular flexibility index (Phi) is 3.89. The van der Waals surface area contributed by atoms with Gasteiger partial charge in [0.15, 0.2) is 0 Å². The van der Waals surface area contributed by atoms with Crippen LogP contribution in [0.25, 0.3) is 0 Å². The predicted octanol–water partition coefficient (Wildman–Crippen LogP) is 2.27. The number of nitrogens with zero attached hydrogens (tertiary/aromatic N) is 2. The Hall–Kier alpha value is -1.94. The summed E-state index contributed by atoms with van der Waals surface area (Å²) < 4.78 is 5.37. The minimum atomic E-state index is -0.709. The van der Waals surface area contributed by atoms with Gasteiger partial charge < -0.3 is 9.84 Å². The van der Waals surface area contributed by atoms with E-state index in [-0.39, 0.29) is 0 Å². The van der Waals surface area contributed by atoms with E-state index in [1.54, 1.807) is 30.7 Å². The molecule has 0 radical (unpaired) electrons. The normalized spacial score (nSPS) is 12.2. The maximum absolute atomic E-state index is 10.3. The van der Waals surface area contributed by atoms with Gasteiger partial charge in [-0.25, -0.2) is 0 Å². The molecule has 94 valence electrons. The van der Waals surface area contributed by atoms with E-state index in [0.29, 0.717) is 17.9 Å². The lowest BCUT2D eigenvalue weighted by Crippen LogP contribution is -2.02. The largest absolute Gasteiger partial charge is 0.492 e. The van der Waals surface area contributed by atoms with Crippen LogP contribution in [0.5, 0.6) is 5.75 Å². The first-order valence-corrected chi connectivity index (χ1v) is 5.89. The zero-order chi connectivity index (χ0) is 13.0. The highest BCUT2D eigenvalue weighted by Gasteiger charge is 2.12. The van der Waals surface area contributed by atoms with Gasteiger partial charge in [0.2, 0.25) is 0 Å². The van der Waals surface area contributed by atoms with Gasteiger partial charge in [0.05, 0.1) is 12.8 Å². The summed E-state index contributed by atoms with van der Waals surface area (Å²) in [6.45, 7) is 4.38. The fourth-order valence-corrected chi connectivity index (χ4v) is 1.76. The number of hydrogen-bond donors (Lipinski definition) is 1. The van der Waals surface area contributed by atoms with Gasteiger partial charge in [-0.15, -0.1) is 0 Å². The highest BCUT2D eigenvalue weighted by molar-refractivity contribution is 5.32. The van der Waals surface area contributed by atoms with E-state index >= 15 is 0 Å². The standard InChI is InChI=1S/C14H16N2O2/c1-3-18-13-7-12(8-15-9-13)14(17)11-4-5-16-10(2)6-11/h4-9,14,17H,3H2,1-2H3. The van der Waals surface area contributed by atoms with Crippen molar-refractivity contribution in [3.05, 3.63) is 53.6 Å². The minimum absolute atomic E-state index is 0.579. The van der Waals surface area contributed by atoms with Gasteiger partial charge in [0.25, 0.3) is 0 Å². The average molecular weight is 244 g/mol. The molecule has 2 heterocycles. The number of pyridine rings is 2. The predicted molar refractivity (Wildman–Crippen MR) is 68.4 cm³/mol. The molecule has 0 aliphatic carbocycles. The SMILES string of the molecule is CCOc1cncc(C(O)c2ccnc(C)c2)c1. The summed E-state index contributed by atoms with van der Waals surface area (Å²) in [5.74, 6) is 0.667. The van der Waals surface area contributed by atoms with Crippen molar-refractivity contribution in [2.45, 2.75) is 20.0 Å². The van der Waals surface area contributed by atoms with Gasteiger partial charge in [-0.2, -0.15) is 0 Å². The van der Waals surface area contributed by atoms with Crippen LogP contribution in [0.4, 0.5) is 0 Å². The lowest BCUT2D eigenvalue weighted by molar-refractivity contribution is 0.218. The topological polar surface area (TPSA) is 55.2 Å². The summed E-state index contributed by atoms with van der Waals surface area (Å²) in [4.78, 5) is 8.18. The Morgan fingerprint density at radius 3 is 2.83 bits per heavy atom. The van der Waals surface area contributed by atoms with E-state index in [0.717, 1.165) is 11.3 Å². The first kappa shape index (κ1) is 12.5. The molecule has 4 heteroatoms. The fraction of sp³-hybridized carbons (Fsp3) is 0.286. The summed E-state index contributed by atoms with van der Waals surface area (Å²) in [6.07, 6.45) is 4.26. The number of aromatic nitrogens is 2. The molecule has 0 amide bonds. The molecule has 0 bridgehead atoms. The Morgan fingerprint density at radius 2 is 2.11 bits per heavy atom. The number of aryl methyl sites for hydroxylation is 1. The maximum atomic E-state index is 10.3. The van der Waals surface area contributed by atoms with Gasteiger partial charge in [0, 0.05) is 23.7 Å². The average Bonchev–Trinajstić information content (AvgIpc) is 2.39. The van der Waals surface area contributed by atoms with E-state index < -0.39 is 6.10 Å². The number of rotatable bonds is 4. The van der Waals surface area contributed by atoms with Crippen molar-refractivity contribution >= 4 is 0 Å². The van der Waals surface area contributed by atoms with Gasteiger partial charge >= 0.3 is 0 Å². The van der Waals surface area contributed by atoms with Crippen LogP contribution in [-0.4, -0.2) is 21.7 Å². The zero-order valence-electron chi connectivity index (χ0n) is 10.5. The smallest absolute Gasteiger partial charge is 0.137 e. The third kappa shape index (κ3) is 2.84. The van der Waals surface area contributed by atoms with Crippen molar-refractivity contribution in [3.63, 3.8) is 0 Å². The van der Waals surface area contributed by atoms with Gasteiger partial charge in [-0.05, 0) is 37.6 Å². The molecule has 4 nitrogen and oxygen atoms in total. The third-order valence-corrected chi connectivity index (χ3v) is 2.60. The van der Waals surface area contributed by atoms with Crippen LogP contribution in [0.1, 0.15) is 29.8 Å². The Morgan fingerprint density at radius 1 is 1.28 bits per heavy atom. The Bertz CT molecular complexity index is 529. The van der Waals surface area contributed by atoms with E-state index in [4.69, 9.17) is 4.74 Å². The van der Waals surface area contributed by atoms with E-state index in [1.165, 1.54) is 0 Å². The first-order chi connectivity index (χ1) is 8.70. The molecule has 1 N–H and O–H groups in total. The maximum Gasteiger partial charge on any atom is 0.137 e. The highest BCUT2D eigenvalue weighted by atomic mass is 16.5. The minimum Gasteiger partial charge on any atom is -0.492 e. The van der Waals surface area contributed by atoms with Crippen LogP contribution in [0.3, 0.4) is 0 Å². The van der Waals surface area contributed by atoms with Crippen LogP contribution >= 0.6 is 0 Å². The van der Waals surface area contributed by atoms with Gasteiger partial charge in [0.1, 0.15) is 11.9 Å². The van der Waals surface area contributed by atoms with Crippen molar-refractivity contribution in [2.75, 3.05) is 6.61 Å². The van der Waals surface area contributed by atoms with E-state index in [2.05, 4.69) is 9.97 Å². The summed E-state index contributed by atoms with van der Waals surface area (Å²) in [5.41, 5.74) is 2.39. The molecule has 2 aromatic rings. The first-order valence-electron chi connectivity index (χ1n) is 5.89. The molecule has 0 saturated heterocycles. The second kappa shape index (κ2) is 5.60. The van der Waals surface area contributed by atoms with Crippen molar-refractivity contribution in [1.29, 1.82) is 0 Å². The quantitative estimate of drug-likeness (QED) is 0.896. The molecule has 0 saturated carbocycles. The molecule has 0 spiro atoms. The third-order valence-electron chi connectivity index (χ3n) is 2.60. The van der Waals surface area contributed by atoms with Crippen molar-refractivity contribution in [1.82, 2.24) is 9.97 Å². The van der Waals surface area contributed by atoms with Crippen LogP contribution in [0.2, 0.25) is 0 Å². The zero-order valence-corrected chi connectivity index (χ0v) is 10.5. The summed E-state index contributed by atoms with van der Waals surface area (Å²) in [7, 11) is 0. The number of hydrogen-bond acceptors (Lipinski definition) is 4. The molecule has 0 aliphatic rings.